The van der Waals surface area contributed by atoms with Gasteiger partial charge in [-0.3, -0.25) is 0 Å². The Kier molecular flexibility index (Phi) is 2.95. The highest BCUT2D eigenvalue weighted by atomic mass is 19.1. The molecule has 1 aromatic carbocycles. The zero-order chi connectivity index (χ0) is 10.8. The molecule has 1 nitrogen and oxygen atoms in total. The molecule has 0 spiro atoms. The Hall–Kier alpha value is -1.03. The molecule has 1 aromatic rings. The standard InChI is InChI=1S/C11H12F3N/c12-8-3-1-7(2-4-8)11-10(14)5-9(13)6-15-11/h1-4,9-11,15H,5-6H2/t9-,10+,11+/m0/s1. The number of nitrogens with one attached hydrogen (secondary N) is 1. The average Bonchev–Trinajstić information content (AvgIpc) is 2.20. The Morgan fingerprint density at radius 2 is 1.80 bits per heavy atom. The fraction of sp³-hybridized carbons (Fsp3) is 0.455. The van der Waals surface area contributed by atoms with Gasteiger partial charge in [-0.15, -0.1) is 0 Å². The average molecular weight is 215 g/mol. The van der Waals surface area contributed by atoms with E-state index in [-0.39, 0.29) is 18.8 Å². The summed E-state index contributed by atoms with van der Waals surface area (Å²) in [6.07, 6.45) is -2.47. The van der Waals surface area contributed by atoms with Crippen molar-refractivity contribution in [3.63, 3.8) is 0 Å². The van der Waals surface area contributed by atoms with Gasteiger partial charge in [0.1, 0.15) is 18.2 Å². The van der Waals surface area contributed by atoms with Crippen molar-refractivity contribution < 1.29 is 13.2 Å². The highest BCUT2D eigenvalue weighted by Gasteiger charge is 2.30. The van der Waals surface area contributed by atoms with Gasteiger partial charge in [0, 0.05) is 13.0 Å². The van der Waals surface area contributed by atoms with Gasteiger partial charge in [-0.1, -0.05) is 12.1 Å². The summed E-state index contributed by atoms with van der Waals surface area (Å²) in [7, 11) is 0. The van der Waals surface area contributed by atoms with Gasteiger partial charge in [0.25, 0.3) is 0 Å². The second-order valence-corrected chi connectivity index (χ2v) is 3.79. The fourth-order valence-electron chi connectivity index (χ4n) is 1.84. The summed E-state index contributed by atoms with van der Waals surface area (Å²) in [4.78, 5) is 0. The van der Waals surface area contributed by atoms with E-state index in [0.29, 0.717) is 5.56 Å². The van der Waals surface area contributed by atoms with Gasteiger partial charge in [0.2, 0.25) is 0 Å². The topological polar surface area (TPSA) is 12.0 Å². The van der Waals surface area contributed by atoms with E-state index in [1.807, 2.05) is 0 Å². The van der Waals surface area contributed by atoms with Gasteiger partial charge < -0.3 is 5.32 Å². The molecule has 0 radical (unpaired) electrons. The van der Waals surface area contributed by atoms with Crippen molar-refractivity contribution in [2.24, 2.45) is 0 Å². The van der Waals surface area contributed by atoms with E-state index in [2.05, 4.69) is 5.32 Å². The van der Waals surface area contributed by atoms with Gasteiger partial charge >= 0.3 is 0 Å². The molecule has 1 fully saturated rings. The lowest BCUT2D eigenvalue weighted by molar-refractivity contribution is 0.130. The first kappa shape index (κ1) is 10.5. The van der Waals surface area contributed by atoms with Crippen molar-refractivity contribution in [2.75, 3.05) is 6.54 Å². The number of hydrogen-bond donors (Lipinski definition) is 1. The van der Waals surface area contributed by atoms with Gasteiger partial charge in [-0.25, -0.2) is 13.2 Å². The molecule has 0 bridgehead atoms. The van der Waals surface area contributed by atoms with Crippen molar-refractivity contribution in [2.45, 2.75) is 24.8 Å². The molecule has 1 aliphatic heterocycles. The molecular formula is C11H12F3N. The van der Waals surface area contributed by atoms with Crippen LogP contribution in [0.5, 0.6) is 0 Å². The molecule has 82 valence electrons. The summed E-state index contributed by atoms with van der Waals surface area (Å²) in [5, 5.41) is 2.78. The highest BCUT2D eigenvalue weighted by Crippen LogP contribution is 2.27. The van der Waals surface area contributed by atoms with Crippen LogP contribution < -0.4 is 5.32 Å². The third-order valence-corrected chi connectivity index (χ3v) is 2.63. The molecule has 0 aromatic heterocycles. The molecule has 0 amide bonds. The summed E-state index contributed by atoms with van der Waals surface area (Å²) in [5.41, 5.74) is 0.663. The van der Waals surface area contributed by atoms with E-state index in [4.69, 9.17) is 0 Å². The quantitative estimate of drug-likeness (QED) is 0.759. The van der Waals surface area contributed by atoms with Crippen LogP contribution in [0.4, 0.5) is 13.2 Å². The molecular weight excluding hydrogens is 203 g/mol. The Labute approximate surface area is 86.3 Å². The summed E-state index contributed by atoms with van der Waals surface area (Å²) < 4.78 is 39.0. The number of benzene rings is 1. The Balaban J connectivity index is 2.13. The van der Waals surface area contributed by atoms with E-state index in [1.165, 1.54) is 24.3 Å². The van der Waals surface area contributed by atoms with Crippen LogP contribution in [0.15, 0.2) is 24.3 Å². The van der Waals surface area contributed by atoms with Gasteiger partial charge in [-0.2, -0.15) is 0 Å². The number of piperidine rings is 1. The smallest absolute Gasteiger partial charge is 0.123 e. The van der Waals surface area contributed by atoms with E-state index in [1.54, 1.807) is 0 Å². The first-order chi connectivity index (χ1) is 7.16. The second-order valence-electron chi connectivity index (χ2n) is 3.79. The number of halogens is 3. The summed E-state index contributed by atoms with van der Waals surface area (Å²) in [6, 6.07) is 5.10. The summed E-state index contributed by atoms with van der Waals surface area (Å²) >= 11 is 0. The lowest BCUT2D eigenvalue weighted by Crippen LogP contribution is -2.41. The number of rotatable bonds is 1. The summed E-state index contributed by atoms with van der Waals surface area (Å²) in [5.74, 6) is -0.353. The van der Waals surface area contributed by atoms with E-state index in [0.717, 1.165) is 0 Å². The first-order valence-electron chi connectivity index (χ1n) is 4.94. The monoisotopic (exact) mass is 215 g/mol. The molecule has 3 atom stereocenters. The van der Waals surface area contributed by atoms with Crippen LogP contribution in [-0.4, -0.2) is 18.9 Å². The Morgan fingerprint density at radius 3 is 2.40 bits per heavy atom. The lowest BCUT2D eigenvalue weighted by atomic mass is 9.95. The molecule has 1 heterocycles. The van der Waals surface area contributed by atoms with E-state index < -0.39 is 18.4 Å². The molecule has 1 N–H and O–H groups in total. The molecule has 4 heteroatoms. The summed E-state index contributed by atoms with van der Waals surface area (Å²) in [6.45, 7) is 0.155. The highest BCUT2D eigenvalue weighted by molar-refractivity contribution is 5.21. The minimum Gasteiger partial charge on any atom is -0.305 e. The van der Waals surface area contributed by atoms with Crippen LogP contribution in [0.2, 0.25) is 0 Å². The molecule has 2 rings (SSSR count). The normalized spacial score (nSPS) is 31.5. The van der Waals surface area contributed by atoms with Crippen LogP contribution in [-0.2, 0) is 0 Å². The lowest BCUT2D eigenvalue weighted by Gasteiger charge is -2.29. The van der Waals surface area contributed by atoms with E-state index in [9.17, 15) is 13.2 Å². The minimum absolute atomic E-state index is 0.0883. The molecule has 0 unspecified atom stereocenters. The first-order valence-corrected chi connectivity index (χ1v) is 4.94. The maximum Gasteiger partial charge on any atom is 0.123 e. The Morgan fingerprint density at radius 1 is 1.13 bits per heavy atom. The largest absolute Gasteiger partial charge is 0.305 e. The third-order valence-electron chi connectivity index (χ3n) is 2.63. The van der Waals surface area contributed by atoms with Crippen LogP contribution in [0, 0.1) is 5.82 Å². The van der Waals surface area contributed by atoms with Crippen LogP contribution in [0.25, 0.3) is 0 Å². The number of hydrogen-bond acceptors (Lipinski definition) is 1. The molecule has 1 saturated heterocycles. The second kappa shape index (κ2) is 4.23. The molecule has 0 aliphatic carbocycles. The van der Waals surface area contributed by atoms with Crippen molar-refractivity contribution in [3.05, 3.63) is 35.6 Å². The maximum absolute atomic E-state index is 13.5. The van der Waals surface area contributed by atoms with Crippen molar-refractivity contribution in [1.82, 2.24) is 5.32 Å². The molecule has 15 heavy (non-hydrogen) atoms. The predicted octanol–water partition coefficient (Wildman–Crippen LogP) is 2.54. The van der Waals surface area contributed by atoms with Gasteiger partial charge in [-0.05, 0) is 17.7 Å². The maximum atomic E-state index is 13.5. The molecule has 0 saturated carbocycles. The van der Waals surface area contributed by atoms with Crippen molar-refractivity contribution in [1.29, 1.82) is 0 Å². The van der Waals surface area contributed by atoms with E-state index >= 15 is 0 Å². The SMILES string of the molecule is Fc1ccc([C@H]2NC[C@@H](F)C[C@H]2F)cc1. The predicted molar refractivity (Wildman–Crippen MR) is 51.6 cm³/mol. The van der Waals surface area contributed by atoms with Crippen LogP contribution in [0.3, 0.4) is 0 Å². The van der Waals surface area contributed by atoms with Gasteiger partial charge in [0.15, 0.2) is 0 Å². The third kappa shape index (κ3) is 2.31. The molecule has 1 aliphatic rings. The van der Waals surface area contributed by atoms with Crippen molar-refractivity contribution in [3.8, 4) is 0 Å². The fourth-order valence-corrected chi connectivity index (χ4v) is 1.84. The minimum atomic E-state index is -1.25. The van der Waals surface area contributed by atoms with Crippen LogP contribution in [0.1, 0.15) is 18.0 Å². The van der Waals surface area contributed by atoms with Crippen molar-refractivity contribution >= 4 is 0 Å². The number of alkyl halides is 2. The Bertz CT molecular complexity index is 325. The van der Waals surface area contributed by atoms with Crippen LogP contribution >= 0.6 is 0 Å². The zero-order valence-electron chi connectivity index (χ0n) is 8.09. The van der Waals surface area contributed by atoms with Gasteiger partial charge in [0.05, 0.1) is 6.04 Å². The zero-order valence-corrected chi connectivity index (χ0v) is 8.09.